The molecule has 0 bridgehead atoms. The van der Waals surface area contributed by atoms with Crippen molar-refractivity contribution in [1.82, 2.24) is 0 Å². The Labute approximate surface area is 129 Å². The lowest BCUT2D eigenvalue weighted by Gasteiger charge is -2.22. The largest absolute Gasteiger partial charge is 0.459 e. The van der Waals surface area contributed by atoms with E-state index in [0.29, 0.717) is 11.1 Å². The molecule has 0 atom stereocenters. The van der Waals surface area contributed by atoms with Crippen LogP contribution in [0.3, 0.4) is 0 Å². The van der Waals surface area contributed by atoms with Crippen LogP contribution in [0, 0.1) is 13.8 Å². The maximum absolute atomic E-state index is 12.2. The zero-order valence-electron chi connectivity index (χ0n) is 12.2. The first kappa shape index (κ1) is 16.3. The lowest BCUT2D eigenvalue weighted by atomic mass is 9.97. The Morgan fingerprint density at radius 2 is 1.81 bits per heavy atom. The predicted molar refractivity (Wildman–Crippen MR) is 81.2 cm³/mol. The third-order valence-corrected chi connectivity index (χ3v) is 5.39. The van der Waals surface area contributed by atoms with Gasteiger partial charge in [-0.1, -0.05) is 6.42 Å². The Morgan fingerprint density at radius 3 is 2.38 bits per heavy atom. The summed E-state index contributed by atoms with van der Waals surface area (Å²) in [5.41, 5.74) is 1.49. The van der Waals surface area contributed by atoms with Crippen molar-refractivity contribution in [2.24, 2.45) is 0 Å². The van der Waals surface area contributed by atoms with E-state index in [4.69, 9.17) is 15.4 Å². The van der Waals surface area contributed by atoms with Crippen molar-refractivity contribution in [3.63, 3.8) is 0 Å². The average molecular weight is 331 g/mol. The highest BCUT2D eigenvalue weighted by molar-refractivity contribution is 8.13. The van der Waals surface area contributed by atoms with Crippen LogP contribution in [0.25, 0.3) is 0 Å². The van der Waals surface area contributed by atoms with Gasteiger partial charge in [0, 0.05) is 10.7 Å². The number of carbonyl (C=O) groups excluding carboxylic acids is 1. The molecule has 1 aliphatic rings. The molecule has 0 heterocycles. The second kappa shape index (κ2) is 6.36. The topological polar surface area (TPSA) is 60.4 Å². The van der Waals surface area contributed by atoms with Crippen molar-refractivity contribution in [1.29, 1.82) is 0 Å². The zero-order chi connectivity index (χ0) is 15.6. The van der Waals surface area contributed by atoms with Crippen LogP contribution in [0.2, 0.25) is 0 Å². The summed E-state index contributed by atoms with van der Waals surface area (Å²) in [7, 11) is 1.54. The number of aryl methyl sites for hydroxylation is 1. The molecule has 0 spiro atoms. The summed E-state index contributed by atoms with van der Waals surface area (Å²) in [6.45, 7) is 3.42. The van der Waals surface area contributed by atoms with E-state index in [2.05, 4.69) is 0 Å². The van der Waals surface area contributed by atoms with Gasteiger partial charge in [-0.05, 0) is 62.8 Å². The fourth-order valence-electron chi connectivity index (χ4n) is 2.60. The molecule has 1 fully saturated rings. The van der Waals surface area contributed by atoms with Crippen LogP contribution >= 0.6 is 10.7 Å². The fraction of sp³-hybridized carbons (Fsp3) is 0.533. The maximum Gasteiger partial charge on any atom is 0.338 e. The van der Waals surface area contributed by atoms with Gasteiger partial charge in [0.15, 0.2) is 0 Å². The summed E-state index contributed by atoms with van der Waals surface area (Å²) in [5.74, 6) is -0.480. The number of esters is 1. The predicted octanol–water partition coefficient (Wildman–Crippen LogP) is 3.72. The van der Waals surface area contributed by atoms with Crippen molar-refractivity contribution in [2.75, 3.05) is 0 Å². The smallest absolute Gasteiger partial charge is 0.338 e. The van der Waals surface area contributed by atoms with Crippen LogP contribution in [0.1, 0.15) is 53.6 Å². The standard InChI is InChI=1S/C15H19ClO4S/c1-10-8-12(9-14(11(10)2)21(16,18)19)15(17)20-13-6-4-3-5-7-13/h8-9,13H,3-7H2,1-2H3. The van der Waals surface area contributed by atoms with Crippen molar-refractivity contribution in [3.8, 4) is 0 Å². The van der Waals surface area contributed by atoms with Crippen molar-refractivity contribution >= 4 is 25.7 Å². The summed E-state index contributed by atoms with van der Waals surface area (Å²) in [6.07, 6.45) is 4.98. The van der Waals surface area contributed by atoms with Crippen LogP contribution in [-0.2, 0) is 13.8 Å². The molecule has 1 saturated carbocycles. The van der Waals surface area contributed by atoms with Crippen molar-refractivity contribution in [2.45, 2.75) is 57.0 Å². The first-order valence-electron chi connectivity index (χ1n) is 7.06. The summed E-state index contributed by atoms with van der Waals surface area (Å²) >= 11 is 0. The van der Waals surface area contributed by atoms with Gasteiger partial charge in [0.05, 0.1) is 10.5 Å². The third-order valence-electron chi connectivity index (χ3n) is 3.94. The van der Waals surface area contributed by atoms with E-state index in [-0.39, 0.29) is 16.6 Å². The van der Waals surface area contributed by atoms with E-state index in [1.54, 1.807) is 19.9 Å². The Balaban J connectivity index is 2.27. The number of hydrogen-bond acceptors (Lipinski definition) is 4. The van der Waals surface area contributed by atoms with E-state index in [0.717, 1.165) is 25.7 Å². The van der Waals surface area contributed by atoms with Gasteiger partial charge in [-0.15, -0.1) is 0 Å². The highest BCUT2D eigenvalue weighted by Crippen LogP contribution is 2.26. The molecule has 1 aromatic rings. The maximum atomic E-state index is 12.2. The number of halogens is 1. The molecular formula is C15H19ClO4S. The molecule has 0 N–H and O–H groups in total. The minimum atomic E-state index is -3.88. The third kappa shape index (κ3) is 3.98. The normalized spacial score (nSPS) is 16.7. The van der Waals surface area contributed by atoms with Gasteiger partial charge >= 0.3 is 5.97 Å². The molecule has 0 amide bonds. The van der Waals surface area contributed by atoms with E-state index < -0.39 is 15.0 Å². The Bertz CT molecular complexity index is 646. The SMILES string of the molecule is Cc1cc(C(=O)OC2CCCCC2)cc(S(=O)(=O)Cl)c1C. The molecule has 21 heavy (non-hydrogen) atoms. The molecule has 116 valence electrons. The Kier molecular flexibility index (Phi) is 4.94. The summed E-state index contributed by atoms with van der Waals surface area (Å²) in [4.78, 5) is 12.2. The highest BCUT2D eigenvalue weighted by atomic mass is 35.7. The van der Waals surface area contributed by atoms with Crippen LogP contribution in [0.4, 0.5) is 0 Å². The minimum Gasteiger partial charge on any atom is -0.459 e. The lowest BCUT2D eigenvalue weighted by Crippen LogP contribution is -2.21. The number of carbonyl (C=O) groups is 1. The van der Waals surface area contributed by atoms with E-state index in [9.17, 15) is 13.2 Å². The molecule has 0 aromatic heterocycles. The van der Waals surface area contributed by atoms with Gasteiger partial charge in [-0.3, -0.25) is 0 Å². The highest BCUT2D eigenvalue weighted by Gasteiger charge is 2.22. The number of hydrogen-bond donors (Lipinski definition) is 0. The Morgan fingerprint density at radius 1 is 1.19 bits per heavy atom. The van der Waals surface area contributed by atoms with Gasteiger partial charge in [-0.25, -0.2) is 13.2 Å². The van der Waals surface area contributed by atoms with Crippen LogP contribution in [-0.4, -0.2) is 20.5 Å². The number of rotatable bonds is 3. The second-order valence-corrected chi connectivity index (χ2v) is 8.05. The molecular weight excluding hydrogens is 312 g/mol. The molecule has 2 rings (SSSR count). The molecule has 0 radical (unpaired) electrons. The van der Waals surface area contributed by atoms with Crippen molar-refractivity contribution < 1.29 is 17.9 Å². The molecule has 1 aromatic carbocycles. The monoisotopic (exact) mass is 330 g/mol. The first-order valence-corrected chi connectivity index (χ1v) is 9.37. The van der Waals surface area contributed by atoms with E-state index in [1.165, 1.54) is 12.5 Å². The van der Waals surface area contributed by atoms with Crippen LogP contribution in [0.5, 0.6) is 0 Å². The molecule has 4 nitrogen and oxygen atoms in total. The van der Waals surface area contributed by atoms with Gasteiger partial charge in [0.25, 0.3) is 9.05 Å². The Hall–Kier alpha value is -1.07. The van der Waals surface area contributed by atoms with Gasteiger partial charge < -0.3 is 4.74 Å². The molecule has 0 aliphatic heterocycles. The first-order chi connectivity index (χ1) is 9.79. The fourth-order valence-corrected chi connectivity index (χ4v) is 3.88. The quantitative estimate of drug-likeness (QED) is 0.626. The summed E-state index contributed by atoms with van der Waals surface area (Å²) in [6, 6.07) is 2.95. The minimum absolute atomic E-state index is 0.0280. The molecule has 0 unspecified atom stereocenters. The number of benzene rings is 1. The lowest BCUT2D eigenvalue weighted by molar-refractivity contribution is 0.0211. The van der Waals surface area contributed by atoms with Gasteiger partial charge in [0.2, 0.25) is 0 Å². The van der Waals surface area contributed by atoms with Gasteiger partial charge in [0.1, 0.15) is 6.10 Å². The van der Waals surface area contributed by atoms with Gasteiger partial charge in [-0.2, -0.15) is 0 Å². The zero-order valence-corrected chi connectivity index (χ0v) is 13.8. The van der Waals surface area contributed by atoms with Crippen molar-refractivity contribution in [3.05, 3.63) is 28.8 Å². The summed E-state index contributed by atoms with van der Waals surface area (Å²) in [5, 5.41) is 0. The number of ether oxygens (including phenoxy) is 1. The molecule has 6 heteroatoms. The summed E-state index contributed by atoms with van der Waals surface area (Å²) < 4.78 is 28.6. The van der Waals surface area contributed by atoms with Crippen LogP contribution in [0.15, 0.2) is 17.0 Å². The molecule has 0 saturated heterocycles. The van der Waals surface area contributed by atoms with E-state index >= 15 is 0 Å². The molecule has 1 aliphatic carbocycles. The van der Waals surface area contributed by atoms with Crippen LogP contribution < -0.4 is 0 Å². The second-order valence-electron chi connectivity index (χ2n) is 5.52. The average Bonchev–Trinajstić information content (AvgIpc) is 2.41. The van der Waals surface area contributed by atoms with E-state index in [1.807, 2.05) is 0 Å².